The molecule has 1 fully saturated rings. The van der Waals surface area contributed by atoms with Crippen molar-refractivity contribution in [1.82, 2.24) is 24.2 Å². The fourth-order valence-corrected chi connectivity index (χ4v) is 6.36. The summed E-state index contributed by atoms with van der Waals surface area (Å²) < 4.78 is 67.5. The number of hydrogen-bond donors (Lipinski definition) is 2. The molecule has 1 atom stereocenters. The smallest absolute Gasteiger partial charge is 0.351 e. The van der Waals surface area contributed by atoms with Crippen molar-refractivity contribution in [3.8, 4) is 17.3 Å². The summed E-state index contributed by atoms with van der Waals surface area (Å²) >= 11 is 0. The van der Waals surface area contributed by atoms with Gasteiger partial charge in [0.1, 0.15) is 11.7 Å². The Bertz CT molecular complexity index is 1690. The minimum absolute atomic E-state index is 0.103. The molecular weight excluding hydrogens is 543 g/mol. The van der Waals surface area contributed by atoms with E-state index in [-0.39, 0.29) is 45.1 Å². The Labute approximate surface area is 229 Å². The quantitative estimate of drug-likeness (QED) is 0.330. The lowest BCUT2D eigenvalue weighted by atomic mass is 9.91. The molecule has 13 heteroatoms. The molecule has 1 unspecified atom stereocenters. The van der Waals surface area contributed by atoms with Crippen LogP contribution in [0.2, 0.25) is 0 Å². The van der Waals surface area contributed by atoms with Crippen LogP contribution in [-0.4, -0.2) is 51.8 Å². The minimum Gasteiger partial charge on any atom is -0.351 e. The zero-order valence-electron chi connectivity index (χ0n) is 21.7. The maximum absolute atomic E-state index is 13.3. The number of benzene rings is 1. The summed E-state index contributed by atoms with van der Waals surface area (Å²) in [6.45, 7) is 4.59. The van der Waals surface area contributed by atoms with E-state index >= 15 is 0 Å². The number of piperidine rings is 1. The van der Waals surface area contributed by atoms with Crippen LogP contribution in [-0.2, 0) is 16.2 Å². The van der Waals surface area contributed by atoms with E-state index in [1.54, 1.807) is 24.3 Å². The molecule has 2 N–H and O–H groups in total. The highest BCUT2D eigenvalue weighted by atomic mass is 32.2. The summed E-state index contributed by atoms with van der Waals surface area (Å²) in [4.78, 5) is 15.7. The van der Waals surface area contributed by atoms with E-state index in [1.165, 1.54) is 16.7 Å². The molecule has 9 nitrogen and oxygen atoms in total. The van der Waals surface area contributed by atoms with Crippen molar-refractivity contribution < 1.29 is 21.6 Å². The van der Waals surface area contributed by atoms with E-state index in [1.807, 2.05) is 19.9 Å². The van der Waals surface area contributed by atoms with Crippen LogP contribution in [0.25, 0.3) is 22.3 Å². The van der Waals surface area contributed by atoms with Crippen molar-refractivity contribution in [2.24, 2.45) is 5.92 Å². The van der Waals surface area contributed by atoms with Gasteiger partial charge in [0.15, 0.2) is 0 Å². The molecule has 1 aromatic carbocycles. The van der Waals surface area contributed by atoms with Crippen LogP contribution in [0.4, 0.5) is 19.1 Å². The molecule has 208 valence electrons. The number of anilines is 1. The van der Waals surface area contributed by atoms with Crippen LogP contribution in [0.1, 0.15) is 36.5 Å². The number of fused-ring (bicyclic) bond motifs is 1. The van der Waals surface area contributed by atoms with Crippen molar-refractivity contribution in [3.05, 3.63) is 65.6 Å². The first kappa shape index (κ1) is 27.5. The van der Waals surface area contributed by atoms with E-state index in [0.717, 1.165) is 17.8 Å². The van der Waals surface area contributed by atoms with Gasteiger partial charge in [-0.3, -0.25) is 0 Å². The number of aromatic nitrogens is 4. The number of nitrogens with zero attached hydrogens (tertiary/aromatic N) is 5. The molecular formula is C27H26F3N7O2S. The molecule has 0 spiro atoms. The second kappa shape index (κ2) is 10.5. The standard InChI is InChI=1S/C27H26F3N7O2S/c1-16-3-5-21(6-4-16)40(38,39)37-9-7-18(8-10-37)17(2)35-26-34-13-19(12-31)24(36-26)23-15-33-25-22(23)11-20(14-32-25)27(28,29)30/h3-6,11,13-15,17-18H,7-10H2,1-2H3,(H,32,33)(H,34,35,36). The average Bonchev–Trinajstić information content (AvgIpc) is 3.36. The molecule has 1 aliphatic heterocycles. The number of nitriles is 1. The summed E-state index contributed by atoms with van der Waals surface area (Å²) in [6, 6.07) is 9.64. The zero-order valence-corrected chi connectivity index (χ0v) is 22.5. The lowest BCUT2D eigenvalue weighted by Gasteiger charge is -2.34. The van der Waals surface area contributed by atoms with Gasteiger partial charge in [-0.15, -0.1) is 0 Å². The van der Waals surface area contributed by atoms with Gasteiger partial charge in [0.05, 0.1) is 27.9 Å². The minimum atomic E-state index is -4.57. The largest absolute Gasteiger partial charge is 0.417 e. The highest BCUT2D eigenvalue weighted by molar-refractivity contribution is 7.89. The van der Waals surface area contributed by atoms with E-state index in [9.17, 15) is 26.9 Å². The van der Waals surface area contributed by atoms with Gasteiger partial charge >= 0.3 is 6.18 Å². The molecule has 0 radical (unpaired) electrons. The normalized spacial score (nSPS) is 16.1. The maximum Gasteiger partial charge on any atom is 0.417 e. The molecule has 3 aromatic heterocycles. The molecule has 0 amide bonds. The summed E-state index contributed by atoms with van der Waals surface area (Å²) in [5, 5.41) is 13.0. The van der Waals surface area contributed by atoms with Gasteiger partial charge in [-0.05, 0) is 50.8 Å². The van der Waals surface area contributed by atoms with Gasteiger partial charge in [0.2, 0.25) is 16.0 Å². The van der Waals surface area contributed by atoms with Crippen molar-refractivity contribution in [2.75, 3.05) is 18.4 Å². The van der Waals surface area contributed by atoms with Gasteiger partial charge in [0.25, 0.3) is 0 Å². The highest BCUT2D eigenvalue weighted by Gasteiger charge is 2.33. The number of alkyl halides is 3. The van der Waals surface area contributed by atoms with Crippen LogP contribution in [0.3, 0.4) is 0 Å². The third kappa shape index (κ3) is 5.37. The fraction of sp³-hybridized carbons (Fsp3) is 0.333. The second-order valence-corrected chi connectivity index (χ2v) is 11.8. The first-order valence-electron chi connectivity index (χ1n) is 12.6. The Morgan fingerprint density at radius 1 is 1.15 bits per heavy atom. The lowest BCUT2D eigenvalue weighted by molar-refractivity contribution is -0.137. The van der Waals surface area contributed by atoms with Gasteiger partial charge in [-0.1, -0.05) is 17.7 Å². The Hall–Kier alpha value is -4.02. The third-order valence-corrected chi connectivity index (χ3v) is 9.16. The molecule has 1 aliphatic rings. The predicted octanol–water partition coefficient (Wildman–Crippen LogP) is 5.12. The Morgan fingerprint density at radius 2 is 1.85 bits per heavy atom. The number of pyridine rings is 1. The van der Waals surface area contributed by atoms with Crippen molar-refractivity contribution in [2.45, 2.75) is 43.8 Å². The number of H-pyrrole nitrogens is 1. The second-order valence-electron chi connectivity index (χ2n) is 9.88. The van der Waals surface area contributed by atoms with E-state index in [4.69, 9.17) is 0 Å². The average molecular weight is 570 g/mol. The molecule has 4 aromatic rings. The molecule has 5 rings (SSSR count). The van der Waals surface area contributed by atoms with Crippen LogP contribution in [0.5, 0.6) is 0 Å². The molecule has 1 saturated heterocycles. The summed E-state index contributed by atoms with van der Waals surface area (Å²) in [7, 11) is -3.58. The highest BCUT2D eigenvalue weighted by Crippen LogP contribution is 2.35. The van der Waals surface area contributed by atoms with Crippen molar-refractivity contribution >= 4 is 27.0 Å². The molecule has 0 aliphatic carbocycles. The van der Waals surface area contributed by atoms with Crippen molar-refractivity contribution in [1.29, 1.82) is 5.26 Å². The van der Waals surface area contributed by atoms with Crippen LogP contribution in [0, 0.1) is 24.2 Å². The Balaban J connectivity index is 1.33. The topological polar surface area (TPSA) is 128 Å². The molecule has 0 saturated carbocycles. The lowest BCUT2D eigenvalue weighted by Crippen LogP contribution is -2.42. The summed E-state index contributed by atoms with van der Waals surface area (Å²) in [5.41, 5.74) is 0.901. The van der Waals surface area contributed by atoms with Crippen LogP contribution < -0.4 is 5.32 Å². The van der Waals surface area contributed by atoms with E-state index in [0.29, 0.717) is 31.5 Å². The van der Waals surface area contributed by atoms with E-state index in [2.05, 4.69) is 25.3 Å². The number of aryl methyl sites for hydroxylation is 1. The number of rotatable bonds is 6. The number of aromatic amines is 1. The zero-order chi connectivity index (χ0) is 28.7. The summed E-state index contributed by atoms with van der Waals surface area (Å²) in [6.07, 6.45) is 0.219. The van der Waals surface area contributed by atoms with Gasteiger partial charge in [0, 0.05) is 42.5 Å². The predicted molar refractivity (Wildman–Crippen MR) is 143 cm³/mol. The molecule has 4 heterocycles. The van der Waals surface area contributed by atoms with Crippen molar-refractivity contribution in [3.63, 3.8) is 0 Å². The first-order valence-corrected chi connectivity index (χ1v) is 14.1. The maximum atomic E-state index is 13.3. The molecule has 0 bridgehead atoms. The van der Waals surface area contributed by atoms with E-state index < -0.39 is 21.8 Å². The van der Waals surface area contributed by atoms with Gasteiger partial charge in [-0.25, -0.2) is 23.4 Å². The SMILES string of the molecule is Cc1ccc(S(=O)(=O)N2CCC(C(C)Nc3ncc(C#N)c(-c4c[nH]c5ncc(C(F)(F)F)cc45)n3)CC2)cc1. The number of halogens is 3. The number of hydrogen-bond acceptors (Lipinski definition) is 7. The van der Waals surface area contributed by atoms with Gasteiger partial charge < -0.3 is 10.3 Å². The Kier molecular flexibility index (Phi) is 7.24. The monoisotopic (exact) mass is 569 g/mol. The first-order chi connectivity index (χ1) is 19.0. The number of sulfonamides is 1. The Morgan fingerprint density at radius 3 is 2.50 bits per heavy atom. The van der Waals surface area contributed by atoms with Crippen LogP contribution >= 0.6 is 0 Å². The fourth-order valence-electron chi connectivity index (χ4n) is 4.89. The third-order valence-electron chi connectivity index (χ3n) is 7.24. The summed E-state index contributed by atoms with van der Waals surface area (Å²) in [5.74, 6) is 0.337. The molecule has 40 heavy (non-hydrogen) atoms. The van der Waals surface area contributed by atoms with Gasteiger partial charge in [-0.2, -0.15) is 22.7 Å². The van der Waals surface area contributed by atoms with Crippen LogP contribution in [0.15, 0.2) is 53.8 Å². The number of nitrogens with one attached hydrogen (secondary N) is 2.